The Balaban J connectivity index is 0. The first-order valence-corrected chi connectivity index (χ1v) is 6.42. The summed E-state index contributed by atoms with van der Waals surface area (Å²) in [7, 11) is -9.70. The zero-order chi connectivity index (χ0) is 12.7. The third-order valence-electron chi connectivity index (χ3n) is 1.60. The van der Waals surface area contributed by atoms with Crippen LogP contribution in [-0.4, -0.2) is 95.3 Å². The summed E-state index contributed by atoms with van der Waals surface area (Å²) >= 11 is 0. The zero-order valence-electron chi connectivity index (χ0n) is 9.39. The minimum atomic E-state index is -4.92. The van der Waals surface area contributed by atoms with Crippen molar-refractivity contribution in [3.8, 4) is 11.5 Å². The van der Waals surface area contributed by atoms with Gasteiger partial charge in [0.25, 0.3) is 20.2 Å². The van der Waals surface area contributed by atoms with Crippen molar-refractivity contribution in [2.45, 2.75) is 9.79 Å². The maximum Gasteiger partial charge on any atom is 0.298 e. The Morgan fingerprint density at radius 3 is 1.61 bits per heavy atom. The van der Waals surface area contributed by atoms with Crippen molar-refractivity contribution in [1.82, 2.24) is 0 Å². The average Bonchev–Trinajstić information content (AvgIpc) is 2.05. The van der Waals surface area contributed by atoms with Gasteiger partial charge in [-0.1, -0.05) is 0 Å². The minimum absolute atomic E-state index is 0. The standard InChI is InChI=1S/C6H6O8S2.2Na/c7-4-1-3(15(9,10)11)2-5(6(4)8)16(12,13)14;;/h1-2,7-8H,(H,9,10,11)(H,12,13,14);;. The van der Waals surface area contributed by atoms with Crippen LogP contribution in [0.2, 0.25) is 0 Å². The van der Waals surface area contributed by atoms with Gasteiger partial charge in [0.05, 0.1) is 4.90 Å². The van der Waals surface area contributed by atoms with E-state index < -0.39 is 41.5 Å². The summed E-state index contributed by atoms with van der Waals surface area (Å²) in [5.74, 6) is -2.32. The van der Waals surface area contributed by atoms with Crippen LogP contribution in [0.15, 0.2) is 21.9 Å². The fraction of sp³-hybridized carbons (Fsp3) is 0. The maximum absolute atomic E-state index is 10.7. The topological polar surface area (TPSA) is 149 Å². The minimum Gasteiger partial charge on any atom is -0.504 e. The molecule has 0 aromatic heterocycles. The van der Waals surface area contributed by atoms with Crippen molar-refractivity contribution in [2.24, 2.45) is 0 Å². The maximum atomic E-state index is 10.7. The molecular weight excluding hydrogens is 310 g/mol. The molecule has 0 unspecified atom stereocenters. The molecule has 92 valence electrons. The van der Waals surface area contributed by atoms with Gasteiger partial charge in [0.1, 0.15) is 4.90 Å². The Hall–Kier alpha value is 0.640. The molecule has 1 rings (SSSR count). The molecule has 4 N–H and O–H groups in total. The Kier molecular flexibility index (Phi) is 8.01. The third-order valence-corrected chi connectivity index (χ3v) is 3.30. The fourth-order valence-corrected chi connectivity index (χ4v) is 2.14. The monoisotopic (exact) mass is 316 g/mol. The molecule has 0 spiro atoms. The predicted molar refractivity (Wildman–Crippen MR) is 60.9 cm³/mol. The Morgan fingerprint density at radius 1 is 0.833 bits per heavy atom. The van der Waals surface area contributed by atoms with E-state index in [1.165, 1.54) is 0 Å². The number of benzene rings is 1. The number of aromatic hydroxyl groups is 2. The van der Waals surface area contributed by atoms with Crippen molar-refractivity contribution >= 4 is 79.4 Å². The number of rotatable bonds is 2. The van der Waals surface area contributed by atoms with E-state index in [0.29, 0.717) is 12.1 Å². The average molecular weight is 316 g/mol. The Bertz CT molecular complexity index is 636. The van der Waals surface area contributed by atoms with E-state index in [2.05, 4.69) is 0 Å². The molecule has 1 aromatic carbocycles. The van der Waals surface area contributed by atoms with E-state index in [9.17, 15) is 16.8 Å². The van der Waals surface area contributed by atoms with Gasteiger partial charge in [0.2, 0.25) is 0 Å². The largest absolute Gasteiger partial charge is 0.504 e. The summed E-state index contributed by atoms with van der Waals surface area (Å²) in [6, 6.07) is 0.735. The van der Waals surface area contributed by atoms with Crippen molar-refractivity contribution < 1.29 is 36.2 Å². The number of hydrogen-bond donors (Lipinski definition) is 4. The van der Waals surface area contributed by atoms with Gasteiger partial charge in [-0.3, -0.25) is 9.11 Å². The van der Waals surface area contributed by atoms with Crippen LogP contribution in [-0.2, 0) is 20.2 Å². The molecule has 0 aliphatic carbocycles. The van der Waals surface area contributed by atoms with E-state index in [1.54, 1.807) is 0 Å². The van der Waals surface area contributed by atoms with E-state index in [0.717, 1.165) is 0 Å². The van der Waals surface area contributed by atoms with Gasteiger partial charge >= 0.3 is 0 Å². The normalized spacial score (nSPS) is 11.2. The van der Waals surface area contributed by atoms with Gasteiger partial charge in [-0.25, -0.2) is 0 Å². The van der Waals surface area contributed by atoms with Crippen molar-refractivity contribution in [2.75, 3.05) is 0 Å². The smallest absolute Gasteiger partial charge is 0.298 e. The number of phenolic OH excluding ortho intramolecular Hbond substituents is 2. The van der Waals surface area contributed by atoms with Gasteiger partial charge in [-0.15, -0.1) is 0 Å². The van der Waals surface area contributed by atoms with Crippen molar-refractivity contribution in [3.63, 3.8) is 0 Å². The van der Waals surface area contributed by atoms with Gasteiger partial charge in [-0.2, -0.15) is 16.8 Å². The van der Waals surface area contributed by atoms with Crippen molar-refractivity contribution in [3.05, 3.63) is 12.1 Å². The summed E-state index contributed by atoms with van der Waals surface area (Å²) < 4.78 is 59.9. The fourth-order valence-electron chi connectivity index (χ4n) is 0.914. The molecule has 8 nitrogen and oxygen atoms in total. The first-order chi connectivity index (χ1) is 7.03. The molecular formula is C6H6Na2O8S2. The van der Waals surface area contributed by atoms with Gasteiger partial charge in [0, 0.05) is 65.2 Å². The molecule has 0 saturated heterocycles. The summed E-state index contributed by atoms with van der Waals surface area (Å²) in [6.45, 7) is 0. The second-order valence-electron chi connectivity index (χ2n) is 2.74. The molecule has 0 aliphatic heterocycles. The molecule has 0 atom stereocenters. The number of hydrogen-bond acceptors (Lipinski definition) is 6. The summed E-state index contributed by atoms with van der Waals surface area (Å²) in [5, 5.41) is 18.1. The van der Waals surface area contributed by atoms with Gasteiger partial charge in [0.15, 0.2) is 11.5 Å². The summed E-state index contributed by atoms with van der Waals surface area (Å²) in [5.41, 5.74) is 0. The SMILES string of the molecule is O=S(=O)(O)c1cc(O)c(O)c(S(=O)(=O)O)c1.[Na].[Na]. The van der Waals surface area contributed by atoms with Crippen LogP contribution in [0.5, 0.6) is 11.5 Å². The Morgan fingerprint density at radius 2 is 1.28 bits per heavy atom. The van der Waals surface area contributed by atoms with Crippen LogP contribution in [0.4, 0.5) is 0 Å². The van der Waals surface area contributed by atoms with Crippen LogP contribution in [0.1, 0.15) is 0 Å². The molecule has 0 amide bonds. The molecule has 2 radical (unpaired) electrons. The molecule has 0 aliphatic rings. The molecule has 18 heavy (non-hydrogen) atoms. The van der Waals surface area contributed by atoms with Crippen molar-refractivity contribution in [1.29, 1.82) is 0 Å². The number of phenols is 2. The molecule has 12 heteroatoms. The van der Waals surface area contributed by atoms with Crippen LogP contribution in [0, 0.1) is 0 Å². The van der Waals surface area contributed by atoms with Crippen LogP contribution < -0.4 is 0 Å². The Labute approximate surface area is 147 Å². The predicted octanol–water partition coefficient (Wildman–Crippen LogP) is -1.17. The van der Waals surface area contributed by atoms with Crippen LogP contribution >= 0.6 is 0 Å². The second kappa shape index (κ2) is 6.88. The molecule has 0 heterocycles. The molecule has 0 saturated carbocycles. The third kappa shape index (κ3) is 4.96. The van der Waals surface area contributed by atoms with Crippen LogP contribution in [0.3, 0.4) is 0 Å². The first kappa shape index (κ1) is 20.9. The van der Waals surface area contributed by atoms with Gasteiger partial charge in [-0.05, 0) is 6.07 Å². The van der Waals surface area contributed by atoms with E-state index in [-0.39, 0.29) is 59.1 Å². The van der Waals surface area contributed by atoms with E-state index in [1.807, 2.05) is 0 Å². The first-order valence-electron chi connectivity index (χ1n) is 3.54. The van der Waals surface area contributed by atoms with Crippen LogP contribution in [0.25, 0.3) is 0 Å². The molecule has 0 bridgehead atoms. The van der Waals surface area contributed by atoms with Gasteiger partial charge < -0.3 is 10.2 Å². The summed E-state index contributed by atoms with van der Waals surface area (Å²) in [4.78, 5) is -2.20. The molecule has 0 fully saturated rings. The molecule has 1 aromatic rings. The van der Waals surface area contributed by atoms with E-state index >= 15 is 0 Å². The second-order valence-corrected chi connectivity index (χ2v) is 5.55. The quantitative estimate of drug-likeness (QED) is 0.303. The zero-order valence-corrected chi connectivity index (χ0v) is 15.0. The van der Waals surface area contributed by atoms with E-state index in [4.69, 9.17) is 19.3 Å². The summed E-state index contributed by atoms with van der Waals surface area (Å²) in [6.07, 6.45) is 0.